The van der Waals surface area contributed by atoms with Gasteiger partial charge < -0.3 is 15.0 Å². The molecular formula is C15H19ClN4O2. The first-order valence-electron chi connectivity index (χ1n) is 7.09. The van der Waals surface area contributed by atoms with Crippen molar-refractivity contribution >= 4 is 23.5 Å². The predicted molar refractivity (Wildman–Crippen MR) is 83.9 cm³/mol. The number of anilines is 1. The fourth-order valence-electron chi connectivity index (χ4n) is 2.25. The second kappa shape index (κ2) is 6.41. The first kappa shape index (κ1) is 16.4. The predicted octanol–water partition coefficient (Wildman–Crippen LogP) is 2.71. The molecule has 0 saturated carbocycles. The van der Waals surface area contributed by atoms with Crippen LogP contribution in [0.1, 0.15) is 32.9 Å². The van der Waals surface area contributed by atoms with Crippen molar-refractivity contribution in [3.63, 3.8) is 0 Å². The zero-order valence-corrected chi connectivity index (χ0v) is 13.6. The van der Waals surface area contributed by atoms with Crippen LogP contribution in [0.3, 0.4) is 0 Å². The van der Waals surface area contributed by atoms with Gasteiger partial charge in [-0.2, -0.15) is 5.26 Å². The maximum Gasteiger partial charge on any atom is 0.407 e. The fourth-order valence-corrected chi connectivity index (χ4v) is 2.39. The molecule has 0 aliphatic carbocycles. The lowest BCUT2D eigenvalue weighted by molar-refractivity contribution is 0.0509. The Bertz CT molecular complexity index is 607. The molecule has 6 nitrogen and oxygen atoms in total. The van der Waals surface area contributed by atoms with Crippen LogP contribution in [0.25, 0.3) is 0 Å². The van der Waals surface area contributed by atoms with Crippen LogP contribution >= 0.6 is 11.6 Å². The summed E-state index contributed by atoms with van der Waals surface area (Å²) < 4.78 is 5.25. The van der Waals surface area contributed by atoms with Crippen molar-refractivity contribution in [2.45, 2.75) is 38.8 Å². The van der Waals surface area contributed by atoms with Crippen LogP contribution in [0.15, 0.2) is 12.1 Å². The third kappa shape index (κ3) is 4.25. The summed E-state index contributed by atoms with van der Waals surface area (Å²) in [6, 6.07) is 5.41. The SMILES string of the molecule is CC(C)(C)OC(=O)N[C@H]1CCN(c2ccc(Cl)c(C#N)n2)C1. The molecule has 118 valence electrons. The molecule has 1 fully saturated rings. The fraction of sp³-hybridized carbons (Fsp3) is 0.533. The summed E-state index contributed by atoms with van der Waals surface area (Å²) in [5.41, 5.74) is -0.301. The summed E-state index contributed by atoms with van der Waals surface area (Å²) in [4.78, 5) is 18.0. The number of carbonyl (C=O) groups excluding carboxylic acids is 1. The average Bonchev–Trinajstić information content (AvgIpc) is 2.85. The number of aromatic nitrogens is 1. The van der Waals surface area contributed by atoms with E-state index in [1.165, 1.54) is 0 Å². The molecule has 1 amide bonds. The molecule has 0 aromatic carbocycles. The quantitative estimate of drug-likeness (QED) is 0.905. The number of nitrogens with zero attached hydrogens (tertiary/aromatic N) is 3. The number of pyridine rings is 1. The second-order valence-electron chi connectivity index (χ2n) is 6.19. The molecule has 22 heavy (non-hydrogen) atoms. The minimum absolute atomic E-state index is 0.00198. The Balaban J connectivity index is 1.96. The van der Waals surface area contributed by atoms with E-state index < -0.39 is 11.7 Å². The Hall–Kier alpha value is -2.00. The van der Waals surface area contributed by atoms with Crippen LogP contribution in [0.5, 0.6) is 0 Å². The Morgan fingerprint density at radius 2 is 2.27 bits per heavy atom. The summed E-state index contributed by atoms with van der Waals surface area (Å²) in [5.74, 6) is 0.689. The molecule has 1 aromatic rings. The molecule has 1 aliphatic rings. The topological polar surface area (TPSA) is 78.2 Å². The Kier molecular flexibility index (Phi) is 4.77. The zero-order chi connectivity index (χ0) is 16.3. The van der Waals surface area contributed by atoms with E-state index in [1.54, 1.807) is 12.1 Å². The Labute approximate surface area is 135 Å². The lowest BCUT2D eigenvalue weighted by atomic mass is 10.2. The van der Waals surface area contributed by atoms with E-state index in [0.29, 0.717) is 17.4 Å². The lowest BCUT2D eigenvalue weighted by Gasteiger charge is -2.22. The molecule has 1 atom stereocenters. The zero-order valence-electron chi connectivity index (χ0n) is 12.9. The molecule has 1 aromatic heterocycles. The van der Waals surface area contributed by atoms with E-state index in [2.05, 4.69) is 10.3 Å². The van der Waals surface area contributed by atoms with E-state index in [4.69, 9.17) is 21.6 Å². The van der Waals surface area contributed by atoms with Crippen LogP contribution < -0.4 is 10.2 Å². The largest absolute Gasteiger partial charge is 0.444 e. The van der Waals surface area contributed by atoms with Gasteiger partial charge in [0.1, 0.15) is 17.5 Å². The second-order valence-corrected chi connectivity index (χ2v) is 6.60. The highest BCUT2D eigenvalue weighted by Crippen LogP contribution is 2.22. The summed E-state index contributed by atoms with van der Waals surface area (Å²) >= 11 is 5.88. The van der Waals surface area contributed by atoms with Gasteiger partial charge in [-0.3, -0.25) is 0 Å². The van der Waals surface area contributed by atoms with E-state index in [-0.39, 0.29) is 11.7 Å². The summed E-state index contributed by atoms with van der Waals surface area (Å²) in [5, 5.41) is 12.2. The van der Waals surface area contributed by atoms with Crippen LogP contribution in [0, 0.1) is 11.3 Å². The smallest absolute Gasteiger partial charge is 0.407 e. The van der Waals surface area contributed by atoms with E-state index >= 15 is 0 Å². The van der Waals surface area contributed by atoms with E-state index in [1.807, 2.05) is 31.7 Å². The van der Waals surface area contributed by atoms with Crippen molar-refractivity contribution in [2.75, 3.05) is 18.0 Å². The van der Waals surface area contributed by atoms with Crippen molar-refractivity contribution in [3.05, 3.63) is 22.8 Å². The van der Waals surface area contributed by atoms with Gasteiger partial charge in [0, 0.05) is 13.1 Å². The lowest BCUT2D eigenvalue weighted by Crippen LogP contribution is -2.40. The van der Waals surface area contributed by atoms with Gasteiger partial charge in [0.05, 0.1) is 11.1 Å². The number of hydrogen-bond acceptors (Lipinski definition) is 5. The van der Waals surface area contributed by atoms with Crippen LogP contribution in [-0.4, -0.2) is 35.8 Å². The van der Waals surface area contributed by atoms with Crippen molar-refractivity contribution < 1.29 is 9.53 Å². The van der Waals surface area contributed by atoms with E-state index in [9.17, 15) is 4.79 Å². The summed E-state index contributed by atoms with van der Waals surface area (Å²) in [6.45, 7) is 6.86. The highest BCUT2D eigenvalue weighted by atomic mass is 35.5. The molecule has 0 unspecified atom stereocenters. The van der Waals surface area contributed by atoms with Crippen molar-refractivity contribution in [1.82, 2.24) is 10.3 Å². The Morgan fingerprint density at radius 3 is 2.91 bits per heavy atom. The van der Waals surface area contributed by atoms with Crippen molar-refractivity contribution in [3.8, 4) is 6.07 Å². The number of amides is 1. The number of nitriles is 1. The minimum Gasteiger partial charge on any atom is -0.444 e. The maximum absolute atomic E-state index is 11.8. The third-order valence-corrected chi connectivity index (χ3v) is 3.48. The Morgan fingerprint density at radius 1 is 1.55 bits per heavy atom. The van der Waals surface area contributed by atoms with Gasteiger partial charge >= 0.3 is 6.09 Å². The van der Waals surface area contributed by atoms with Gasteiger partial charge in [-0.15, -0.1) is 0 Å². The molecule has 1 N–H and O–H groups in total. The molecule has 1 aliphatic heterocycles. The highest BCUT2D eigenvalue weighted by Gasteiger charge is 2.27. The first-order valence-corrected chi connectivity index (χ1v) is 7.47. The normalized spacial score (nSPS) is 18.0. The highest BCUT2D eigenvalue weighted by molar-refractivity contribution is 6.31. The molecule has 7 heteroatoms. The van der Waals surface area contributed by atoms with Gasteiger partial charge in [-0.05, 0) is 39.3 Å². The van der Waals surface area contributed by atoms with Gasteiger partial charge in [-0.1, -0.05) is 11.6 Å². The maximum atomic E-state index is 11.8. The number of rotatable bonds is 2. The minimum atomic E-state index is -0.512. The molecule has 0 radical (unpaired) electrons. The monoisotopic (exact) mass is 322 g/mol. The molecule has 2 heterocycles. The van der Waals surface area contributed by atoms with Crippen molar-refractivity contribution in [2.24, 2.45) is 0 Å². The molecule has 2 rings (SSSR count). The number of halogens is 1. The van der Waals surface area contributed by atoms with Crippen LogP contribution in [0.4, 0.5) is 10.6 Å². The van der Waals surface area contributed by atoms with Gasteiger partial charge in [0.15, 0.2) is 5.69 Å². The van der Waals surface area contributed by atoms with E-state index in [0.717, 1.165) is 13.0 Å². The number of ether oxygens (including phenoxy) is 1. The van der Waals surface area contributed by atoms with Gasteiger partial charge in [0.2, 0.25) is 0 Å². The standard InChI is InChI=1S/C15H19ClN4O2/c1-15(2,3)22-14(21)18-10-6-7-20(9-10)13-5-4-11(16)12(8-17)19-13/h4-5,10H,6-7,9H2,1-3H3,(H,18,21)/t10-/m0/s1. The molecular weight excluding hydrogens is 304 g/mol. The number of nitrogens with one attached hydrogen (secondary N) is 1. The van der Waals surface area contributed by atoms with Crippen LogP contribution in [0.2, 0.25) is 5.02 Å². The number of carbonyl (C=O) groups is 1. The summed E-state index contributed by atoms with van der Waals surface area (Å²) in [7, 11) is 0. The van der Waals surface area contributed by atoms with Crippen molar-refractivity contribution in [1.29, 1.82) is 5.26 Å². The summed E-state index contributed by atoms with van der Waals surface area (Å²) in [6.07, 6.45) is 0.381. The molecule has 1 saturated heterocycles. The third-order valence-electron chi connectivity index (χ3n) is 3.17. The average molecular weight is 323 g/mol. The van der Waals surface area contributed by atoms with Gasteiger partial charge in [0.25, 0.3) is 0 Å². The van der Waals surface area contributed by atoms with Gasteiger partial charge in [-0.25, -0.2) is 9.78 Å². The molecule has 0 spiro atoms. The van der Waals surface area contributed by atoms with Crippen LogP contribution in [-0.2, 0) is 4.74 Å². The first-order chi connectivity index (χ1) is 10.3. The molecule has 0 bridgehead atoms. The number of hydrogen-bond donors (Lipinski definition) is 1. The number of alkyl carbamates (subject to hydrolysis) is 1.